The number of morpholine rings is 1. The van der Waals surface area contributed by atoms with Crippen LogP contribution in [-0.4, -0.2) is 41.7 Å². The fourth-order valence-electron chi connectivity index (χ4n) is 2.68. The number of hydrogen-bond donors (Lipinski definition) is 1. The summed E-state index contributed by atoms with van der Waals surface area (Å²) in [7, 11) is 0. The third kappa shape index (κ3) is 4.15. The molecular formula is C15H23N3O3. The van der Waals surface area contributed by atoms with E-state index < -0.39 is 0 Å². The Bertz CT molecular complexity index is 517. The molecule has 0 bridgehead atoms. The lowest BCUT2D eigenvalue weighted by Crippen LogP contribution is -2.47. The highest BCUT2D eigenvalue weighted by atomic mass is 16.6. The van der Waals surface area contributed by atoms with Gasteiger partial charge in [0.15, 0.2) is 0 Å². The Labute approximate surface area is 125 Å². The average Bonchev–Trinajstić information content (AvgIpc) is 2.39. The van der Waals surface area contributed by atoms with Gasteiger partial charge in [-0.1, -0.05) is 0 Å². The van der Waals surface area contributed by atoms with Gasteiger partial charge >= 0.3 is 0 Å². The average molecular weight is 293 g/mol. The molecule has 1 saturated heterocycles. The predicted octanol–water partition coefficient (Wildman–Crippen LogP) is 2.64. The zero-order valence-corrected chi connectivity index (χ0v) is 12.9. The molecule has 0 aliphatic carbocycles. The summed E-state index contributed by atoms with van der Waals surface area (Å²) < 4.78 is 5.71. The van der Waals surface area contributed by atoms with Gasteiger partial charge in [0, 0.05) is 44.0 Å². The van der Waals surface area contributed by atoms with Crippen molar-refractivity contribution in [3.05, 3.63) is 33.9 Å². The van der Waals surface area contributed by atoms with Crippen molar-refractivity contribution in [3.63, 3.8) is 0 Å². The van der Waals surface area contributed by atoms with Crippen LogP contribution in [0.5, 0.6) is 0 Å². The number of ether oxygens (including phenoxy) is 1. The minimum atomic E-state index is -0.345. The van der Waals surface area contributed by atoms with E-state index in [4.69, 9.17) is 4.74 Å². The van der Waals surface area contributed by atoms with Crippen LogP contribution in [0.1, 0.15) is 26.3 Å². The Morgan fingerprint density at radius 3 is 2.86 bits per heavy atom. The Morgan fingerprint density at radius 1 is 1.48 bits per heavy atom. The van der Waals surface area contributed by atoms with Crippen molar-refractivity contribution in [1.29, 1.82) is 0 Å². The highest BCUT2D eigenvalue weighted by molar-refractivity contribution is 5.56. The zero-order valence-electron chi connectivity index (χ0n) is 12.9. The fourth-order valence-corrected chi connectivity index (χ4v) is 2.68. The Morgan fingerprint density at radius 2 is 2.24 bits per heavy atom. The van der Waals surface area contributed by atoms with Crippen molar-refractivity contribution >= 4 is 11.4 Å². The fraction of sp³-hybridized carbons (Fsp3) is 0.600. The van der Waals surface area contributed by atoms with E-state index in [-0.39, 0.29) is 16.2 Å². The molecule has 2 rings (SSSR count). The number of nitrogens with zero attached hydrogens (tertiary/aromatic N) is 2. The van der Waals surface area contributed by atoms with Gasteiger partial charge in [-0.05, 0) is 32.4 Å². The van der Waals surface area contributed by atoms with Gasteiger partial charge in [0.25, 0.3) is 5.69 Å². The van der Waals surface area contributed by atoms with E-state index in [2.05, 4.69) is 24.1 Å². The molecule has 1 aliphatic rings. The summed E-state index contributed by atoms with van der Waals surface area (Å²) in [5.74, 6) is 0. The van der Waals surface area contributed by atoms with Crippen LogP contribution in [0, 0.1) is 10.1 Å². The first-order valence-electron chi connectivity index (χ1n) is 7.29. The molecule has 0 aromatic heterocycles. The standard InChI is InChI=1S/C15H23N3O3/c1-4-16-14-6-5-13(18(19)20)9-12(14)10-17-7-8-21-15(2,3)11-17/h5-6,9,16H,4,7-8,10-11H2,1-3H3. The van der Waals surface area contributed by atoms with Crippen molar-refractivity contribution in [3.8, 4) is 0 Å². The van der Waals surface area contributed by atoms with E-state index in [1.807, 2.05) is 6.92 Å². The van der Waals surface area contributed by atoms with E-state index in [0.717, 1.165) is 30.9 Å². The van der Waals surface area contributed by atoms with E-state index in [0.29, 0.717) is 13.2 Å². The number of benzene rings is 1. The molecule has 1 aromatic carbocycles. The first-order chi connectivity index (χ1) is 9.91. The van der Waals surface area contributed by atoms with E-state index >= 15 is 0 Å². The minimum absolute atomic E-state index is 0.138. The molecule has 6 nitrogen and oxygen atoms in total. The van der Waals surface area contributed by atoms with Gasteiger partial charge in [0.2, 0.25) is 0 Å². The van der Waals surface area contributed by atoms with E-state index in [9.17, 15) is 10.1 Å². The van der Waals surface area contributed by atoms with Crippen LogP contribution in [0.25, 0.3) is 0 Å². The molecule has 0 saturated carbocycles. The quantitative estimate of drug-likeness (QED) is 0.667. The molecule has 0 atom stereocenters. The second-order valence-corrected chi connectivity index (χ2v) is 5.95. The summed E-state index contributed by atoms with van der Waals surface area (Å²) in [6.45, 7) is 9.99. The lowest BCUT2D eigenvalue weighted by molar-refractivity contribution is -0.384. The molecule has 0 amide bonds. The molecule has 1 N–H and O–H groups in total. The predicted molar refractivity (Wildman–Crippen MR) is 82.6 cm³/mol. The first-order valence-corrected chi connectivity index (χ1v) is 7.29. The molecule has 1 fully saturated rings. The highest BCUT2D eigenvalue weighted by Crippen LogP contribution is 2.25. The maximum atomic E-state index is 11.0. The molecule has 0 unspecified atom stereocenters. The summed E-state index contributed by atoms with van der Waals surface area (Å²) in [6, 6.07) is 5.01. The summed E-state index contributed by atoms with van der Waals surface area (Å²) in [4.78, 5) is 12.9. The van der Waals surface area contributed by atoms with Crippen LogP contribution in [-0.2, 0) is 11.3 Å². The summed E-state index contributed by atoms with van der Waals surface area (Å²) in [6.07, 6.45) is 0. The Hall–Kier alpha value is -1.66. The Kier molecular flexibility index (Phi) is 4.80. The second kappa shape index (κ2) is 6.41. The van der Waals surface area contributed by atoms with Crippen LogP contribution in [0.4, 0.5) is 11.4 Å². The monoisotopic (exact) mass is 293 g/mol. The highest BCUT2D eigenvalue weighted by Gasteiger charge is 2.27. The van der Waals surface area contributed by atoms with Crippen LogP contribution in [0.2, 0.25) is 0 Å². The number of nitro groups is 1. The van der Waals surface area contributed by atoms with Gasteiger partial charge in [-0.2, -0.15) is 0 Å². The number of nitrogens with one attached hydrogen (secondary N) is 1. The van der Waals surface area contributed by atoms with Crippen molar-refractivity contribution in [1.82, 2.24) is 4.90 Å². The summed E-state index contributed by atoms with van der Waals surface area (Å²) in [5, 5.41) is 14.2. The zero-order chi connectivity index (χ0) is 15.5. The van der Waals surface area contributed by atoms with Crippen molar-refractivity contribution in [2.24, 2.45) is 0 Å². The molecule has 0 radical (unpaired) electrons. The second-order valence-electron chi connectivity index (χ2n) is 5.95. The van der Waals surface area contributed by atoms with Crippen molar-refractivity contribution < 1.29 is 9.66 Å². The third-order valence-electron chi connectivity index (χ3n) is 3.57. The molecule has 1 aromatic rings. The maximum absolute atomic E-state index is 11.0. The largest absolute Gasteiger partial charge is 0.385 e. The van der Waals surface area contributed by atoms with Crippen LogP contribution in [0.3, 0.4) is 0 Å². The molecule has 116 valence electrons. The lowest BCUT2D eigenvalue weighted by Gasteiger charge is -2.38. The summed E-state index contributed by atoms with van der Waals surface area (Å²) >= 11 is 0. The lowest BCUT2D eigenvalue weighted by atomic mass is 10.1. The summed E-state index contributed by atoms with van der Waals surface area (Å²) in [5.41, 5.74) is 1.90. The van der Waals surface area contributed by atoms with Gasteiger partial charge in [-0.25, -0.2) is 0 Å². The van der Waals surface area contributed by atoms with Gasteiger partial charge in [0.05, 0.1) is 17.1 Å². The number of anilines is 1. The molecule has 21 heavy (non-hydrogen) atoms. The number of nitro benzene ring substituents is 1. The SMILES string of the molecule is CCNc1ccc([N+](=O)[O-])cc1CN1CCOC(C)(C)C1. The first kappa shape index (κ1) is 15.7. The number of non-ortho nitro benzene ring substituents is 1. The van der Waals surface area contributed by atoms with Gasteiger partial charge in [-0.3, -0.25) is 15.0 Å². The van der Waals surface area contributed by atoms with Gasteiger partial charge in [-0.15, -0.1) is 0 Å². The van der Waals surface area contributed by atoms with Gasteiger partial charge in [0.1, 0.15) is 0 Å². The van der Waals surface area contributed by atoms with E-state index in [1.165, 1.54) is 0 Å². The Balaban J connectivity index is 2.20. The number of rotatable bonds is 5. The molecule has 1 aliphatic heterocycles. The van der Waals surface area contributed by atoms with Crippen molar-refractivity contribution in [2.75, 3.05) is 31.6 Å². The molecule has 6 heteroatoms. The molecular weight excluding hydrogens is 270 g/mol. The number of hydrogen-bond acceptors (Lipinski definition) is 5. The topological polar surface area (TPSA) is 67.6 Å². The third-order valence-corrected chi connectivity index (χ3v) is 3.57. The van der Waals surface area contributed by atoms with Crippen molar-refractivity contribution in [2.45, 2.75) is 32.9 Å². The van der Waals surface area contributed by atoms with Gasteiger partial charge < -0.3 is 10.1 Å². The van der Waals surface area contributed by atoms with Crippen LogP contribution < -0.4 is 5.32 Å². The minimum Gasteiger partial charge on any atom is -0.385 e. The molecule has 0 spiro atoms. The maximum Gasteiger partial charge on any atom is 0.269 e. The van der Waals surface area contributed by atoms with Crippen LogP contribution in [0.15, 0.2) is 18.2 Å². The van der Waals surface area contributed by atoms with E-state index in [1.54, 1.807) is 18.2 Å². The molecule has 1 heterocycles. The normalized spacial score (nSPS) is 18.4. The smallest absolute Gasteiger partial charge is 0.269 e. The van der Waals surface area contributed by atoms with Crippen LogP contribution >= 0.6 is 0 Å².